The molecule has 1 aromatic carbocycles. The summed E-state index contributed by atoms with van der Waals surface area (Å²) >= 11 is 0. The molecule has 14 heavy (non-hydrogen) atoms. The van der Waals surface area contributed by atoms with Crippen LogP contribution in [0.1, 0.15) is 11.1 Å². The van der Waals surface area contributed by atoms with E-state index in [0.29, 0.717) is 12.8 Å². The number of aliphatic hydroxyl groups excluding tert-OH is 2. The lowest BCUT2D eigenvalue weighted by Gasteiger charge is -2.07. The van der Waals surface area contributed by atoms with E-state index in [1.807, 2.05) is 24.3 Å². The first-order chi connectivity index (χ1) is 6.58. The van der Waals surface area contributed by atoms with Crippen LogP contribution in [0.25, 0.3) is 0 Å². The molecule has 0 radical (unpaired) electrons. The Morgan fingerprint density at radius 1 is 0.857 bits per heavy atom. The summed E-state index contributed by atoms with van der Waals surface area (Å²) in [5.41, 5.74) is 12.4. The van der Waals surface area contributed by atoms with Crippen molar-refractivity contribution < 1.29 is 10.2 Å². The monoisotopic (exact) mass is 196 g/mol. The highest BCUT2D eigenvalue weighted by Crippen LogP contribution is 2.07. The van der Waals surface area contributed by atoms with Crippen LogP contribution in [0.3, 0.4) is 0 Å². The van der Waals surface area contributed by atoms with Crippen LogP contribution in [-0.4, -0.2) is 22.7 Å². The van der Waals surface area contributed by atoms with Gasteiger partial charge < -0.3 is 21.7 Å². The molecule has 0 amide bonds. The first kappa shape index (κ1) is 11.1. The minimum absolute atomic E-state index is 0.436. The molecule has 2 atom stereocenters. The van der Waals surface area contributed by atoms with E-state index in [4.69, 9.17) is 21.7 Å². The normalized spacial score (nSPS) is 15.1. The topological polar surface area (TPSA) is 92.5 Å². The van der Waals surface area contributed by atoms with Gasteiger partial charge >= 0.3 is 0 Å². The summed E-state index contributed by atoms with van der Waals surface area (Å²) in [6, 6.07) is 7.48. The number of hydrogen-bond donors (Lipinski definition) is 4. The minimum Gasteiger partial charge on any atom is -0.378 e. The quantitative estimate of drug-likeness (QED) is 0.480. The van der Waals surface area contributed by atoms with Crippen molar-refractivity contribution in [1.82, 2.24) is 0 Å². The number of nitrogens with two attached hydrogens (primary N) is 2. The average Bonchev–Trinajstić information content (AvgIpc) is 2.06. The highest BCUT2D eigenvalue weighted by molar-refractivity contribution is 5.23. The molecule has 0 fully saturated rings. The Kier molecular flexibility index (Phi) is 4.03. The molecule has 6 N–H and O–H groups in total. The highest BCUT2D eigenvalue weighted by Gasteiger charge is 2.01. The molecule has 0 aliphatic rings. The van der Waals surface area contributed by atoms with Gasteiger partial charge in [-0.15, -0.1) is 0 Å². The zero-order valence-corrected chi connectivity index (χ0v) is 7.93. The van der Waals surface area contributed by atoms with Crippen molar-refractivity contribution in [2.75, 3.05) is 0 Å². The summed E-state index contributed by atoms with van der Waals surface area (Å²) < 4.78 is 0. The zero-order valence-electron chi connectivity index (χ0n) is 7.93. The second-order valence-electron chi connectivity index (χ2n) is 3.36. The SMILES string of the molecule is NC(O)Cc1ccc(CC(N)O)cc1. The average molecular weight is 196 g/mol. The van der Waals surface area contributed by atoms with Crippen LogP contribution in [0.15, 0.2) is 24.3 Å². The van der Waals surface area contributed by atoms with Crippen molar-refractivity contribution in [2.45, 2.75) is 25.3 Å². The van der Waals surface area contributed by atoms with E-state index in [0.717, 1.165) is 11.1 Å². The van der Waals surface area contributed by atoms with Gasteiger partial charge in [0.1, 0.15) is 12.5 Å². The summed E-state index contributed by atoms with van der Waals surface area (Å²) in [7, 11) is 0. The molecule has 4 heteroatoms. The predicted octanol–water partition coefficient (Wildman–Crippen LogP) is -0.674. The fraction of sp³-hybridized carbons (Fsp3) is 0.400. The Balaban J connectivity index is 2.59. The molecule has 0 saturated carbocycles. The van der Waals surface area contributed by atoms with E-state index in [1.165, 1.54) is 0 Å². The number of hydrogen-bond acceptors (Lipinski definition) is 4. The molecule has 2 unspecified atom stereocenters. The maximum atomic E-state index is 8.94. The standard InChI is InChI=1S/C10H16N2O2/c11-9(13)5-7-1-2-8(4-3-7)6-10(12)14/h1-4,9-10,13-14H,5-6,11-12H2. The third-order valence-corrected chi connectivity index (χ3v) is 1.91. The summed E-state index contributed by atoms with van der Waals surface area (Å²) in [4.78, 5) is 0. The predicted molar refractivity (Wildman–Crippen MR) is 54.2 cm³/mol. The molecule has 0 saturated heterocycles. The van der Waals surface area contributed by atoms with Crippen molar-refractivity contribution in [1.29, 1.82) is 0 Å². The van der Waals surface area contributed by atoms with Crippen LogP contribution in [0.2, 0.25) is 0 Å². The Morgan fingerprint density at radius 2 is 1.14 bits per heavy atom. The van der Waals surface area contributed by atoms with Crippen LogP contribution in [0, 0.1) is 0 Å². The third-order valence-electron chi connectivity index (χ3n) is 1.91. The van der Waals surface area contributed by atoms with Gasteiger partial charge in [-0.2, -0.15) is 0 Å². The van der Waals surface area contributed by atoms with E-state index >= 15 is 0 Å². The van der Waals surface area contributed by atoms with Gasteiger partial charge in [0.15, 0.2) is 0 Å². The summed E-state index contributed by atoms with van der Waals surface area (Å²) in [6.45, 7) is 0. The lowest BCUT2D eigenvalue weighted by molar-refractivity contribution is 0.181. The van der Waals surface area contributed by atoms with Gasteiger partial charge in [0.2, 0.25) is 0 Å². The zero-order chi connectivity index (χ0) is 10.6. The number of aliphatic hydroxyl groups is 2. The van der Waals surface area contributed by atoms with Gasteiger partial charge in [0.05, 0.1) is 0 Å². The van der Waals surface area contributed by atoms with E-state index in [9.17, 15) is 0 Å². The van der Waals surface area contributed by atoms with E-state index in [2.05, 4.69) is 0 Å². The Labute approximate surface area is 83.2 Å². The highest BCUT2D eigenvalue weighted by atomic mass is 16.3. The maximum absolute atomic E-state index is 8.94. The molecule has 0 aliphatic carbocycles. The van der Waals surface area contributed by atoms with Gasteiger partial charge in [-0.1, -0.05) is 24.3 Å². The van der Waals surface area contributed by atoms with Crippen LogP contribution in [0.4, 0.5) is 0 Å². The molecule has 0 aromatic heterocycles. The van der Waals surface area contributed by atoms with Crippen LogP contribution in [-0.2, 0) is 12.8 Å². The van der Waals surface area contributed by atoms with Gasteiger partial charge in [-0.3, -0.25) is 0 Å². The summed E-state index contributed by atoms with van der Waals surface area (Å²) in [6.07, 6.45) is -0.765. The second-order valence-corrected chi connectivity index (χ2v) is 3.36. The van der Waals surface area contributed by atoms with Gasteiger partial charge in [-0.05, 0) is 11.1 Å². The molecule has 4 nitrogen and oxygen atoms in total. The lowest BCUT2D eigenvalue weighted by Crippen LogP contribution is -2.22. The Hall–Kier alpha value is -0.940. The van der Waals surface area contributed by atoms with Gasteiger partial charge in [-0.25, -0.2) is 0 Å². The molecule has 0 heterocycles. The molecule has 1 aromatic rings. The molecule has 0 aliphatic heterocycles. The van der Waals surface area contributed by atoms with Gasteiger partial charge in [0, 0.05) is 12.8 Å². The molecule has 0 bridgehead atoms. The molecular weight excluding hydrogens is 180 g/mol. The van der Waals surface area contributed by atoms with Crippen LogP contribution in [0.5, 0.6) is 0 Å². The van der Waals surface area contributed by atoms with Crippen molar-refractivity contribution in [2.24, 2.45) is 11.5 Å². The van der Waals surface area contributed by atoms with Crippen molar-refractivity contribution in [3.05, 3.63) is 35.4 Å². The lowest BCUT2D eigenvalue weighted by atomic mass is 10.1. The second kappa shape index (κ2) is 5.07. The van der Waals surface area contributed by atoms with E-state index in [-0.39, 0.29) is 0 Å². The van der Waals surface area contributed by atoms with Crippen molar-refractivity contribution in [3.8, 4) is 0 Å². The van der Waals surface area contributed by atoms with Crippen LogP contribution >= 0.6 is 0 Å². The summed E-state index contributed by atoms with van der Waals surface area (Å²) in [5.74, 6) is 0. The molecule has 0 spiro atoms. The third kappa shape index (κ3) is 3.85. The fourth-order valence-electron chi connectivity index (χ4n) is 1.29. The first-order valence-corrected chi connectivity index (χ1v) is 4.53. The largest absolute Gasteiger partial charge is 0.378 e. The Bertz CT molecular complexity index is 241. The smallest absolute Gasteiger partial charge is 0.106 e. The van der Waals surface area contributed by atoms with E-state index < -0.39 is 12.5 Å². The molecular formula is C10H16N2O2. The molecule has 1 rings (SSSR count). The summed E-state index contributed by atoms with van der Waals surface area (Å²) in [5, 5.41) is 17.9. The van der Waals surface area contributed by atoms with Gasteiger partial charge in [0.25, 0.3) is 0 Å². The Morgan fingerprint density at radius 3 is 1.36 bits per heavy atom. The van der Waals surface area contributed by atoms with E-state index in [1.54, 1.807) is 0 Å². The first-order valence-electron chi connectivity index (χ1n) is 4.53. The minimum atomic E-state index is -0.819. The number of benzene rings is 1. The van der Waals surface area contributed by atoms with Crippen molar-refractivity contribution in [3.63, 3.8) is 0 Å². The van der Waals surface area contributed by atoms with Crippen molar-refractivity contribution >= 4 is 0 Å². The fourth-order valence-corrected chi connectivity index (χ4v) is 1.29. The maximum Gasteiger partial charge on any atom is 0.106 e. The number of rotatable bonds is 4. The molecule has 78 valence electrons. The van der Waals surface area contributed by atoms with Crippen LogP contribution < -0.4 is 11.5 Å².